The highest BCUT2D eigenvalue weighted by Gasteiger charge is 2.33. The van der Waals surface area contributed by atoms with Crippen molar-refractivity contribution in [2.24, 2.45) is 0 Å². The Morgan fingerprint density at radius 1 is 1.17 bits per heavy atom. The molecular formula is C11H23N3O3S. The Hall–Kier alpha value is -0.210. The van der Waals surface area contributed by atoms with E-state index in [0.717, 1.165) is 25.7 Å². The molecule has 0 bridgehead atoms. The van der Waals surface area contributed by atoms with E-state index < -0.39 is 10.2 Å². The van der Waals surface area contributed by atoms with E-state index in [1.54, 1.807) is 11.4 Å². The van der Waals surface area contributed by atoms with Crippen LogP contribution in [0.1, 0.15) is 25.7 Å². The van der Waals surface area contributed by atoms with Gasteiger partial charge in [0.25, 0.3) is 10.2 Å². The molecule has 0 aromatic rings. The predicted octanol–water partition coefficient (Wildman–Crippen LogP) is -0.316. The Morgan fingerprint density at radius 3 is 2.44 bits per heavy atom. The molecule has 1 unspecified atom stereocenters. The lowest BCUT2D eigenvalue weighted by atomic mass is 10.2. The lowest BCUT2D eigenvalue weighted by Gasteiger charge is -2.25. The molecule has 0 aromatic heterocycles. The molecule has 0 radical (unpaired) electrons. The first-order chi connectivity index (χ1) is 8.63. The number of methoxy groups -OCH3 is 1. The lowest BCUT2D eigenvalue weighted by Crippen LogP contribution is -2.50. The van der Waals surface area contributed by atoms with Gasteiger partial charge in [0.1, 0.15) is 0 Å². The molecular weight excluding hydrogens is 254 g/mol. The Bertz CT molecular complexity index is 353. The molecule has 18 heavy (non-hydrogen) atoms. The third-order valence-electron chi connectivity index (χ3n) is 3.67. The summed E-state index contributed by atoms with van der Waals surface area (Å²) in [6.07, 6.45) is 4.08. The van der Waals surface area contributed by atoms with Crippen LogP contribution in [0.25, 0.3) is 0 Å². The zero-order chi connectivity index (χ0) is 13.0. The third-order valence-corrected chi connectivity index (χ3v) is 5.31. The van der Waals surface area contributed by atoms with Gasteiger partial charge in [0.05, 0.1) is 12.1 Å². The Labute approximate surface area is 109 Å². The van der Waals surface area contributed by atoms with Crippen LogP contribution >= 0.6 is 0 Å². The number of nitrogens with one attached hydrogen (secondary N) is 2. The van der Waals surface area contributed by atoms with Crippen LogP contribution in [0.4, 0.5) is 0 Å². The van der Waals surface area contributed by atoms with Gasteiger partial charge in [-0.2, -0.15) is 17.4 Å². The summed E-state index contributed by atoms with van der Waals surface area (Å²) in [7, 11) is -1.75. The molecule has 2 rings (SSSR count). The molecule has 7 heteroatoms. The van der Waals surface area contributed by atoms with Gasteiger partial charge in [-0.3, -0.25) is 0 Å². The van der Waals surface area contributed by atoms with Crippen molar-refractivity contribution < 1.29 is 13.2 Å². The fourth-order valence-electron chi connectivity index (χ4n) is 2.57. The van der Waals surface area contributed by atoms with Gasteiger partial charge in [-0.25, -0.2) is 0 Å². The molecule has 2 fully saturated rings. The smallest absolute Gasteiger partial charge is 0.279 e. The lowest BCUT2D eigenvalue weighted by molar-refractivity contribution is 0.102. The van der Waals surface area contributed by atoms with Crippen molar-refractivity contribution in [1.29, 1.82) is 0 Å². The van der Waals surface area contributed by atoms with Crippen LogP contribution in [0, 0.1) is 0 Å². The first kappa shape index (κ1) is 14.2. The van der Waals surface area contributed by atoms with E-state index in [9.17, 15) is 8.42 Å². The molecule has 2 aliphatic rings. The standard InChI is InChI=1S/C11H23N3O3S/c1-17-11-9-12-8-10(11)13-18(15,16)14-6-4-2-3-5-7-14/h10-13H,2-9H2,1H3/t10?,11-/m0/s1. The molecule has 2 N–H and O–H groups in total. The van der Waals surface area contributed by atoms with Crippen molar-refractivity contribution in [2.45, 2.75) is 37.8 Å². The van der Waals surface area contributed by atoms with Gasteiger partial charge in [0.2, 0.25) is 0 Å². The molecule has 0 amide bonds. The molecule has 0 aliphatic carbocycles. The van der Waals surface area contributed by atoms with Gasteiger partial charge < -0.3 is 10.1 Å². The fraction of sp³-hybridized carbons (Fsp3) is 1.00. The van der Waals surface area contributed by atoms with E-state index in [-0.39, 0.29) is 12.1 Å². The van der Waals surface area contributed by atoms with E-state index in [4.69, 9.17) is 4.74 Å². The van der Waals surface area contributed by atoms with Gasteiger partial charge >= 0.3 is 0 Å². The molecule has 2 atom stereocenters. The van der Waals surface area contributed by atoms with Crippen LogP contribution in [0.5, 0.6) is 0 Å². The van der Waals surface area contributed by atoms with Gasteiger partial charge in [-0.1, -0.05) is 12.8 Å². The van der Waals surface area contributed by atoms with Crippen molar-refractivity contribution in [3.05, 3.63) is 0 Å². The molecule has 106 valence electrons. The van der Waals surface area contributed by atoms with Crippen molar-refractivity contribution in [3.8, 4) is 0 Å². The molecule has 2 saturated heterocycles. The number of hydrogen-bond acceptors (Lipinski definition) is 4. The van der Waals surface area contributed by atoms with Crippen LogP contribution in [0.15, 0.2) is 0 Å². The summed E-state index contributed by atoms with van der Waals surface area (Å²) >= 11 is 0. The van der Waals surface area contributed by atoms with Gasteiger partial charge in [-0.15, -0.1) is 0 Å². The van der Waals surface area contributed by atoms with Crippen LogP contribution in [0.2, 0.25) is 0 Å². The number of rotatable bonds is 4. The highest BCUT2D eigenvalue weighted by molar-refractivity contribution is 7.87. The van der Waals surface area contributed by atoms with Crippen molar-refractivity contribution in [1.82, 2.24) is 14.3 Å². The zero-order valence-electron chi connectivity index (χ0n) is 10.9. The highest BCUT2D eigenvalue weighted by atomic mass is 32.2. The molecule has 2 heterocycles. The quantitative estimate of drug-likeness (QED) is 0.739. The summed E-state index contributed by atoms with van der Waals surface area (Å²) in [4.78, 5) is 0. The van der Waals surface area contributed by atoms with E-state index in [2.05, 4.69) is 10.0 Å². The first-order valence-corrected chi connectivity index (χ1v) is 8.08. The molecule has 0 aromatic carbocycles. The minimum atomic E-state index is -3.37. The van der Waals surface area contributed by atoms with Gasteiger partial charge in [0, 0.05) is 33.3 Å². The number of nitrogens with zero attached hydrogens (tertiary/aromatic N) is 1. The van der Waals surface area contributed by atoms with E-state index in [1.807, 2.05) is 0 Å². The Balaban J connectivity index is 1.97. The summed E-state index contributed by atoms with van der Waals surface area (Å²) < 4.78 is 34.2. The number of ether oxygens (including phenoxy) is 1. The van der Waals surface area contributed by atoms with E-state index in [0.29, 0.717) is 26.2 Å². The van der Waals surface area contributed by atoms with Crippen molar-refractivity contribution in [2.75, 3.05) is 33.3 Å². The van der Waals surface area contributed by atoms with Gasteiger partial charge in [-0.05, 0) is 12.8 Å². The summed E-state index contributed by atoms with van der Waals surface area (Å²) in [5.41, 5.74) is 0. The summed E-state index contributed by atoms with van der Waals surface area (Å²) in [5.74, 6) is 0. The largest absolute Gasteiger partial charge is 0.378 e. The second-order valence-corrected chi connectivity index (χ2v) is 6.68. The summed E-state index contributed by atoms with van der Waals surface area (Å²) in [5, 5.41) is 3.14. The van der Waals surface area contributed by atoms with Crippen molar-refractivity contribution in [3.63, 3.8) is 0 Å². The zero-order valence-corrected chi connectivity index (χ0v) is 11.7. The van der Waals surface area contributed by atoms with E-state index >= 15 is 0 Å². The van der Waals surface area contributed by atoms with Crippen molar-refractivity contribution >= 4 is 10.2 Å². The van der Waals surface area contributed by atoms with Crippen LogP contribution < -0.4 is 10.0 Å². The summed E-state index contributed by atoms with van der Waals surface area (Å²) in [6, 6.07) is -0.164. The molecule has 0 spiro atoms. The van der Waals surface area contributed by atoms with Crippen LogP contribution in [0.3, 0.4) is 0 Å². The second-order valence-electron chi connectivity index (χ2n) is 4.98. The Morgan fingerprint density at radius 2 is 1.83 bits per heavy atom. The molecule has 0 saturated carbocycles. The predicted molar refractivity (Wildman–Crippen MR) is 69.6 cm³/mol. The third kappa shape index (κ3) is 3.42. The van der Waals surface area contributed by atoms with E-state index in [1.165, 1.54) is 0 Å². The fourth-order valence-corrected chi connectivity index (χ4v) is 4.07. The molecule has 6 nitrogen and oxygen atoms in total. The maximum absolute atomic E-state index is 12.3. The normalized spacial score (nSPS) is 31.4. The average Bonchev–Trinajstić information content (AvgIpc) is 2.62. The van der Waals surface area contributed by atoms with Crippen LogP contribution in [-0.2, 0) is 14.9 Å². The second kappa shape index (κ2) is 6.29. The average molecular weight is 277 g/mol. The number of hydrogen-bond donors (Lipinski definition) is 2. The maximum Gasteiger partial charge on any atom is 0.279 e. The minimum Gasteiger partial charge on any atom is -0.378 e. The topological polar surface area (TPSA) is 70.7 Å². The highest BCUT2D eigenvalue weighted by Crippen LogP contribution is 2.14. The molecule has 2 aliphatic heterocycles. The monoisotopic (exact) mass is 277 g/mol. The summed E-state index contributed by atoms with van der Waals surface area (Å²) in [6.45, 7) is 2.59. The first-order valence-electron chi connectivity index (χ1n) is 6.64. The van der Waals surface area contributed by atoms with Gasteiger partial charge in [0.15, 0.2) is 0 Å². The SMILES string of the molecule is CO[C@H]1CNCC1NS(=O)(=O)N1CCCCCC1. The maximum atomic E-state index is 12.3. The minimum absolute atomic E-state index is 0.0771. The van der Waals surface area contributed by atoms with Crippen LogP contribution in [-0.4, -0.2) is 58.2 Å². The Kier molecular flexibility index (Phi) is 4.97.